The Balaban J connectivity index is 1.77. The third kappa shape index (κ3) is 6.00. The Kier molecular flexibility index (Phi) is 7.87. The minimum Gasteiger partial charge on any atom is -0.494 e. The van der Waals surface area contributed by atoms with Gasteiger partial charge in [-0.05, 0) is 43.5 Å². The summed E-state index contributed by atoms with van der Waals surface area (Å²) < 4.78 is 5.31. The van der Waals surface area contributed by atoms with E-state index < -0.39 is 24.0 Å². The normalized spacial score (nSPS) is 17.2. The average Bonchev–Trinajstić information content (AvgIpc) is 2.66. The predicted molar refractivity (Wildman–Crippen MR) is 98.4 cm³/mol. The van der Waals surface area contributed by atoms with E-state index in [0.717, 1.165) is 12.8 Å². The molecular formula is C19H29N3O4. The molecule has 26 heavy (non-hydrogen) atoms. The van der Waals surface area contributed by atoms with Gasteiger partial charge in [0.25, 0.3) is 11.8 Å². The van der Waals surface area contributed by atoms with Gasteiger partial charge in [-0.2, -0.15) is 0 Å². The molecule has 1 aromatic carbocycles. The Labute approximate surface area is 154 Å². The summed E-state index contributed by atoms with van der Waals surface area (Å²) >= 11 is 0. The van der Waals surface area contributed by atoms with Crippen molar-refractivity contribution < 1.29 is 19.4 Å². The Hall–Kier alpha value is -2.12. The van der Waals surface area contributed by atoms with Crippen molar-refractivity contribution in [2.45, 2.75) is 57.6 Å². The monoisotopic (exact) mass is 363 g/mol. The third-order valence-corrected chi connectivity index (χ3v) is 4.73. The zero-order chi connectivity index (χ0) is 18.9. The van der Waals surface area contributed by atoms with Crippen molar-refractivity contribution in [2.24, 2.45) is 11.7 Å². The van der Waals surface area contributed by atoms with Crippen molar-refractivity contribution in [2.75, 3.05) is 6.61 Å². The quantitative estimate of drug-likeness (QED) is 0.548. The molecule has 1 aromatic rings. The third-order valence-electron chi connectivity index (χ3n) is 4.73. The minimum atomic E-state index is -1.35. The molecular weight excluding hydrogens is 334 g/mol. The van der Waals surface area contributed by atoms with Crippen molar-refractivity contribution in [1.29, 1.82) is 0 Å². The molecule has 1 aliphatic rings. The number of nitrogens with one attached hydrogen (secondary N) is 2. The number of rotatable bonds is 7. The lowest BCUT2D eigenvalue weighted by molar-refractivity contribution is -0.131. The van der Waals surface area contributed by atoms with E-state index in [0.29, 0.717) is 30.3 Å². The van der Waals surface area contributed by atoms with E-state index >= 15 is 0 Å². The molecule has 0 spiro atoms. The van der Waals surface area contributed by atoms with Crippen LogP contribution in [0.5, 0.6) is 5.75 Å². The first kappa shape index (κ1) is 20.2. The molecule has 7 heteroatoms. The molecule has 0 radical (unpaired) electrons. The fourth-order valence-corrected chi connectivity index (χ4v) is 3.26. The maximum absolute atomic E-state index is 12.0. The van der Waals surface area contributed by atoms with Crippen LogP contribution in [0.4, 0.5) is 0 Å². The summed E-state index contributed by atoms with van der Waals surface area (Å²) in [5, 5.41) is 10.1. The zero-order valence-electron chi connectivity index (χ0n) is 15.2. The molecule has 7 nitrogen and oxygen atoms in total. The van der Waals surface area contributed by atoms with Gasteiger partial charge in [-0.15, -0.1) is 0 Å². The van der Waals surface area contributed by atoms with Gasteiger partial charge in [0.05, 0.1) is 6.61 Å². The molecule has 0 heterocycles. The molecule has 0 saturated heterocycles. The number of amides is 2. The van der Waals surface area contributed by atoms with Gasteiger partial charge in [0.1, 0.15) is 11.9 Å². The second-order valence-corrected chi connectivity index (χ2v) is 6.75. The molecule has 0 aliphatic heterocycles. The lowest BCUT2D eigenvalue weighted by atomic mass is 9.84. The summed E-state index contributed by atoms with van der Waals surface area (Å²) in [7, 11) is 0. The highest BCUT2D eigenvalue weighted by molar-refractivity contribution is 5.95. The van der Waals surface area contributed by atoms with Crippen LogP contribution >= 0.6 is 0 Å². The van der Waals surface area contributed by atoms with Crippen LogP contribution in [0.3, 0.4) is 0 Å². The number of hydrazine groups is 1. The maximum atomic E-state index is 12.0. The van der Waals surface area contributed by atoms with Crippen LogP contribution in [-0.4, -0.2) is 35.7 Å². The van der Waals surface area contributed by atoms with Gasteiger partial charge in [-0.1, -0.05) is 32.1 Å². The maximum Gasteiger partial charge on any atom is 0.269 e. The highest BCUT2D eigenvalue weighted by atomic mass is 16.5. The van der Waals surface area contributed by atoms with Crippen LogP contribution in [0, 0.1) is 5.92 Å². The zero-order valence-corrected chi connectivity index (χ0v) is 15.2. The van der Waals surface area contributed by atoms with Crippen molar-refractivity contribution in [3.8, 4) is 5.75 Å². The van der Waals surface area contributed by atoms with E-state index in [1.54, 1.807) is 24.3 Å². The number of aliphatic hydroxyl groups excluding tert-OH is 1. The smallest absolute Gasteiger partial charge is 0.269 e. The average molecular weight is 363 g/mol. The second kappa shape index (κ2) is 10.1. The molecule has 0 bridgehead atoms. The Morgan fingerprint density at radius 1 is 1.19 bits per heavy atom. The summed E-state index contributed by atoms with van der Waals surface area (Å²) in [5.74, 6) is -0.0566. The first-order chi connectivity index (χ1) is 12.5. The summed E-state index contributed by atoms with van der Waals surface area (Å²) in [6.07, 6.45) is 5.05. The van der Waals surface area contributed by atoms with Gasteiger partial charge in [0.2, 0.25) is 0 Å². The summed E-state index contributed by atoms with van der Waals surface area (Å²) in [4.78, 5) is 24.1. The first-order valence-corrected chi connectivity index (χ1v) is 9.28. The number of carbonyl (C=O) groups excluding carboxylic acids is 2. The van der Waals surface area contributed by atoms with Crippen molar-refractivity contribution in [3.05, 3.63) is 29.8 Å². The summed E-state index contributed by atoms with van der Waals surface area (Å²) in [5.41, 5.74) is 10.9. The number of hydrogen-bond acceptors (Lipinski definition) is 5. The largest absolute Gasteiger partial charge is 0.494 e. The molecule has 144 valence electrons. The van der Waals surface area contributed by atoms with Crippen LogP contribution in [0.2, 0.25) is 0 Å². The number of nitrogens with two attached hydrogens (primary N) is 1. The van der Waals surface area contributed by atoms with E-state index in [9.17, 15) is 14.7 Å². The number of ether oxygens (including phenoxy) is 1. The number of hydrogen-bond donors (Lipinski definition) is 4. The molecule has 1 aliphatic carbocycles. The molecule has 1 saturated carbocycles. The van der Waals surface area contributed by atoms with E-state index in [2.05, 4.69) is 10.9 Å². The van der Waals surface area contributed by atoms with Crippen LogP contribution in [0.1, 0.15) is 55.8 Å². The number of benzene rings is 1. The van der Waals surface area contributed by atoms with Crippen LogP contribution in [0.15, 0.2) is 24.3 Å². The number of aliphatic hydroxyl groups is 1. The molecule has 2 amide bonds. The van der Waals surface area contributed by atoms with Crippen LogP contribution < -0.4 is 21.3 Å². The van der Waals surface area contributed by atoms with Gasteiger partial charge in [-0.25, -0.2) is 0 Å². The standard InChI is InChI=1S/C19H29N3O4/c1-2-26-15-10-8-14(9-11-15)18(24)21-22-19(25)17(23)16(20)12-13-6-4-3-5-7-13/h8-11,13,16-17,23H,2-7,12,20H2,1H3,(H,21,24)(H,22,25)/t16-,17?/m1/s1. The molecule has 1 fully saturated rings. The first-order valence-electron chi connectivity index (χ1n) is 9.28. The summed E-state index contributed by atoms with van der Waals surface area (Å²) in [6.45, 7) is 2.42. The second-order valence-electron chi connectivity index (χ2n) is 6.75. The molecule has 2 atom stereocenters. The van der Waals surface area contributed by atoms with E-state index in [1.807, 2.05) is 6.92 Å². The lowest BCUT2D eigenvalue weighted by Gasteiger charge is -2.26. The fourth-order valence-electron chi connectivity index (χ4n) is 3.26. The predicted octanol–water partition coefficient (Wildman–Crippen LogP) is 1.50. The molecule has 2 rings (SSSR count). The van der Waals surface area contributed by atoms with Crippen LogP contribution in [-0.2, 0) is 4.79 Å². The minimum absolute atomic E-state index is 0.370. The van der Waals surface area contributed by atoms with E-state index in [-0.39, 0.29) is 0 Å². The Morgan fingerprint density at radius 2 is 1.85 bits per heavy atom. The van der Waals surface area contributed by atoms with Crippen molar-refractivity contribution in [1.82, 2.24) is 10.9 Å². The highest BCUT2D eigenvalue weighted by Crippen LogP contribution is 2.27. The Morgan fingerprint density at radius 3 is 2.46 bits per heavy atom. The summed E-state index contributed by atoms with van der Waals surface area (Å²) in [6, 6.07) is 5.90. The van der Waals surface area contributed by atoms with E-state index in [1.165, 1.54) is 19.3 Å². The topological polar surface area (TPSA) is 114 Å². The van der Waals surface area contributed by atoms with Gasteiger partial charge in [-0.3, -0.25) is 20.4 Å². The van der Waals surface area contributed by atoms with Crippen molar-refractivity contribution >= 4 is 11.8 Å². The van der Waals surface area contributed by atoms with Gasteiger partial charge < -0.3 is 15.6 Å². The number of carbonyl (C=O) groups is 2. The fraction of sp³-hybridized carbons (Fsp3) is 0.579. The van der Waals surface area contributed by atoms with Gasteiger partial charge in [0, 0.05) is 11.6 Å². The molecule has 5 N–H and O–H groups in total. The molecule has 1 unspecified atom stereocenters. The van der Waals surface area contributed by atoms with Crippen molar-refractivity contribution in [3.63, 3.8) is 0 Å². The molecule has 0 aromatic heterocycles. The SMILES string of the molecule is CCOc1ccc(C(=O)NNC(=O)C(O)[C@H](N)CC2CCCCC2)cc1. The lowest BCUT2D eigenvalue weighted by Crippen LogP contribution is -2.52. The van der Waals surface area contributed by atoms with E-state index in [4.69, 9.17) is 10.5 Å². The highest BCUT2D eigenvalue weighted by Gasteiger charge is 2.26. The van der Waals surface area contributed by atoms with Crippen LogP contribution in [0.25, 0.3) is 0 Å². The van der Waals surface area contributed by atoms with Gasteiger partial charge in [0.15, 0.2) is 0 Å². The Bertz CT molecular complexity index is 585. The van der Waals surface area contributed by atoms with Gasteiger partial charge >= 0.3 is 0 Å².